The predicted molar refractivity (Wildman–Crippen MR) is 93.9 cm³/mol. The van der Waals surface area contributed by atoms with Crippen LogP contribution >= 0.6 is 0 Å². The molecule has 20 heavy (non-hydrogen) atoms. The van der Waals surface area contributed by atoms with E-state index in [2.05, 4.69) is 59.8 Å². The van der Waals surface area contributed by atoms with Gasteiger partial charge in [0.2, 0.25) is 0 Å². The molecule has 1 heteroatoms. The highest BCUT2D eigenvalue weighted by Crippen LogP contribution is 2.34. The average molecular weight is 289 g/mol. The van der Waals surface area contributed by atoms with Crippen LogP contribution in [0.3, 0.4) is 0 Å². The van der Waals surface area contributed by atoms with Gasteiger partial charge in [0.1, 0.15) is 0 Å². The zero-order valence-corrected chi connectivity index (χ0v) is 15.6. The minimum atomic E-state index is -1.20. The molecule has 0 aliphatic carbocycles. The number of hydrogen-bond donors (Lipinski definition) is 0. The van der Waals surface area contributed by atoms with Gasteiger partial charge in [0.05, 0.1) is 8.07 Å². The molecule has 0 aromatic heterocycles. The first-order chi connectivity index (χ1) is 9.15. The van der Waals surface area contributed by atoms with E-state index in [1.807, 2.05) is 5.19 Å². The van der Waals surface area contributed by atoms with E-state index in [0.29, 0.717) is 5.41 Å². The molecule has 1 aromatic rings. The molecule has 0 spiro atoms. The van der Waals surface area contributed by atoms with Gasteiger partial charge in [-0.25, -0.2) is 0 Å². The van der Waals surface area contributed by atoms with Crippen LogP contribution in [0.25, 0.3) is 0 Å². The number of rotatable bonds is 3. The second-order valence-corrected chi connectivity index (χ2v) is 13.4. The Balaban J connectivity index is 2.55. The summed E-state index contributed by atoms with van der Waals surface area (Å²) in [4.78, 5) is 0. The van der Waals surface area contributed by atoms with Crippen molar-refractivity contribution >= 4 is 13.3 Å². The quantitative estimate of drug-likeness (QED) is 0.666. The van der Waals surface area contributed by atoms with E-state index in [0.717, 1.165) is 5.92 Å². The molecule has 1 aliphatic rings. The van der Waals surface area contributed by atoms with E-state index in [1.54, 1.807) is 16.7 Å². The van der Waals surface area contributed by atoms with E-state index < -0.39 is 8.07 Å². The van der Waals surface area contributed by atoms with Crippen molar-refractivity contribution in [1.29, 1.82) is 0 Å². The summed E-state index contributed by atoms with van der Waals surface area (Å²) < 4.78 is 0. The van der Waals surface area contributed by atoms with Crippen LogP contribution in [-0.4, -0.2) is 8.07 Å². The molecule has 1 atom stereocenters. The maximum atomic E-state index is 2.57. The molecule has 0 amide bonds. The van der Waals surface area contributed by atoms with Crippen molar-refractivity contribution in [2.75, 3.05) is 0 Å². The average Bonchev–Trinajstić information content (AvgIpc) is 2.64. The van der Waals surface area contributed by atoms with Gasteiger partial charge in [0, 0.05) is 0 Å². The molecule has 1 unspecified atom stereocenters. The summed E-state index contributed by atoms with van der Waals surface area (Å²) in [7, 11) is -1.20. The first-order valence-electron chi connectivity index (χ1n) is 8.31. The Morgan fingerprint density at radius 3 is 2.40 bits per heavy atom. The maximum absolute atomic E-state index is 2.57. The second-order valence-electron chi connectivity index (χ2n) is 8.60. The zero-order valence-electron chi connectivity index (χ0n) is 14.6. The summed E-state index contributed by atoms with van der Waals surface area (Å²) in [6.07, 6.45) is 3.83. The van der Waals surface area contributed by atoms with Crippen LogP contribution in [0.5, 0.6) is 0 Å². The minimum Gasteiger partial charge on any atom is -0.0654 e. The van der Waals surface area contributed by atoms with Gasteiger partial charge in [-0.15, -0.1) is 0 Å². The Morgan fingerprint density at radius 1 is 1.20 bits per heavy atom. The van der Waals surface area contributed by atoms with E-state index in [1.165, 1.54) is 25.3 Å². The monoisotopic (exact) mass is 288 g/mol. The van der Waals surface area contributed by atoms with Gasteiger partial charge in [0.25, 0.3) is 0 Å². The fourth-order valence-electron chi connectivity index (χ4n) is 3.79. The zero-order chi connectivity index (χ0) is 15.1. The third-order valence-corrected chi connectivity index (χ3v) is 8.45. The van der Waals surface area contributed by atoms with Crippen molar-refractivity contribution in [2.24, 2.45) is 5.41 Å². The van der Waals surface area contributed by atoms with Crippen molar-refractivity contribution in [3.63, 3.8) is 0 Å². The van der Waals surface area contributed by atoms with Gasteiger partial charge >= 0.3 is 0 Å². The maximum Gasteiger partial charge on any atom is 0.0816 e. The van der Waals surface area contributed by atoms with Crippen LogP contribution in [0.4, 0.5) is 0 Å². The van der Waals surface area contributed by atoms with Crippen LogP contribution in [0.1, 0.15) is 63.6 Å². The summed E-state index contributed by atoms with van der Waals surface area (Å²) in [6.45, 7) is 17.0. The first-order valence-corrected chi connectivity index (χ1v) is 11.5. The van der Waals surface area contributed by atoms with Crippen molar-refractivity contribution < 1.29 is 0 Å². The van der Waals surface area contributed by atoms with E-state index in [4.69, 9.17) is 0 Å². The van der Waals surface area contributed by atoms with Crippen LogP contribution in [0, 0.1) is 5.41 Å². The largest absolute Gasteiger partial charge is 0.0816 e. The SMILES string of the molecule is CCC(C)c1ccc(CC(C)(C)C)c2c1CC[Si]2(C)C. The Labute approximate surface area is 127 Å². The van der Waals surface area contributed by atoms with Crippen molar-refractivity contribution in [1.82, 2.24) is 0 Å². The molecule has 112 valence electrons. The highest BCUT2D eigenvalue weighted by molar-refractivity contribution is 6.91. The molecule has 0 bridgehead atoms. The molecule has 0 radical (unpaired) electrons. The lowest BCUT2D eigenvalue weighted by Gasteiger charge is -2.27. The van der Waals surface area contributed by atoms with Crippen LogP contribution < -0.4 is 5.19 Å². The molecule has 0 fully saturated rings. The summed E-state index contributed by atoms with van der Waals surface area (Å²) in [5, 5.41) is 1.82. The van der Waals surface area contributed by atoms with E-state index in [9.17, 15) is 0 Å². The van der Waals surface area contributed by atoms with Crippen LogP contribution in [0.15, 0.2) is 12.1 Å². The normalized spacial score (nSPS) is 18.9. The topological polar surface area (TPSA) is 0 Å². The highest BCUT2D eigenvalue weighted by atomic mass is 28.3. The van der Waals surface area contributed by atoms with Crippen molar-refractivity contribution in [3.05, 3.63) is 28.8 Å². The predicted octanol–water partition coefficient (Wildman–Crippen LogP) is 5.26. The molecular formula is C19H32Si. The second kappa shape index (κ2) is 5.33. The van der Waals surface area contributed by atoms with Crippen molar-refractivity contribution in [3.8, 4) is 0 Å². The van der Waals surface area contributed by atoms with Gasteiger partial charge in [-0.05, 0) is 53.3 Å². The standard InChI is InChI=1S/C19H32Si/c1-8-14(2)16-10-9-15(13-19(3,4)5)18-17(16)11-12-20(18,6)7/h9-10,14H,8,11-13H2,1-7H3. The highest BCUT2D eigenvalue weighted by Gasteiger charge is 2.36. The molecule has 0 saturated heterocycles. The Kier molecular flexibility index (Phi) is 4.21. The Morgan fingerprint density at radius 2 is 1.85 bits per heavy atom. The molecular weight excluding hydrogens is 256 g/mol. The van der Waals surface area contributed by atoms with E-state index >= 15 is 0 Å². The fraction of sp³-hybridized carbons (Fsp3) is 0.684. The number of benzene rings is 1. The molecule has 1 heterocycles. The van der Waals surface area contributed by atoms with Gasteiger partial charge in [0.15, 0.2) is 0 Å². The fourth-order valence-corrected chi connectivity index (χ4v) is 7.04. The Hall–Kier alpha value is -0.563. The summed E-state index contributed by atoms with van der Waals surface area (Å²) in [5.74, 6) is 0.718. The van der Waals surface area contributed by atoms with Gasteiger partial charge in [-0.1, -0.05) is 65.0 Å². The molecule has 0 saturated carbocycles. The number of fused-ring (bicyclic) bond motifs is 1. The molecule has 0 N–H and O–H groups in total. The number of hydrogen-bond acceptors (Lipinski definition) is 0. The molecule has 0 nitrogen and oxygen atoms in total. The third-order valence-electron chi connectivity index (χ3n) is 4.98. The first kappa shape index (κ1) is 15.8. The van der Waals surface area contributed by atoms with Crippen molar-refractivity contribution in [2.45, 2.75) is 78.9 Å². The Bertz CT molecular complexity index is 491. The molecule has 1 aromatic carbocycles. The molecule has 1 aliphatic heterocycles. The van der Waals surface area contributed by atoms with Gasteiger partial charge < -0.3 is 0 Å². The summed E-state index contributed by atoms with van der Waals surface area (Å²) in [5.41, 5.74) is 5.45. The van der Waals surface area contributed by atoms with Gasteiger partial charge in [-0.2, -0.15) is 0 Å². The lowest BCUT2D eigenvalue weighted by Crippen LogP contribution is -2.41. The summed E-state index contributed by atoms with van der Waals surface area (Å²) >= 11 is 0. The summed E-state index contributed by atoms with van der Waals surface area (Å²) in [6, 6.07) is 6.36. The smallest absolute Gasteiger partial charge is 0.0654 e. The van der Waals surface area contributed by atoms with Crippen LogP contribution in [0.2, 0.25) is 19.1 Å². The third kappa shape index (κ3) is 3.03. The lowest BCUT2D eigenvalue weighted by atomic mass is 9.85. The van der Waals surface area contributed by atoms with E-state index in [-0.39, 0.29) is 0 Å². The van der Waals surface area contributed by atoms with Gasteiger partial charge in [-0.3, -0.25) is 0 Å². The van der Waals surface area contributed by atoms with Crippen LogP contribution in [-0.2, 0) is 12.8 Å². The molecule has 2 rings (SSSR count). The minimum absolute atomic E-state index is 0.388. The lowest BCUT2D eigenvalue weighted by molar-refractivity contribution is 0.412.